The molecule has 168 valence electrons. The minimum atomic E-state index is -3.63. The maximum Gasteiger partial charge on any atom is 0.255 e. The van der Waals surface area contributed by atoms with Crippen molar-refractivity contribution in [3.8, 4) is 0 Å². The molecule has 4 rings (SSSR count). The third-order valence-corrected chi connectivity index (χ3v) is 7.09. The van der Waals surface area contributed by atoms with Crippen LogP contribution in [-0.2, 0) is 16.6 Å². The summed E-state index contributed by atoms with van der Waals surface area (Å²) in [6.45, 7) is 0.0471. The maximum atomic E-state index is 12.7. The fraction of sp³-hybridized carbons (Fsp3) is 0.0800. The average Bonchev–Trinajstić information content (AvgIpc) is 2.79. The van der Waals surface area contributed by atoms with Crippen LogP contribution in [0.3, 0.4) is 0 Å². The standard InChI is InChI=1S/C25H20Cl2N2O3S/c1-33(31,32)29(23-8-4-7-22(26)24(23)27)16-17-9-11-19(12-10-17)25(30)28-21-14-13-18-5-2-3-6-20(18)15-21/h2-15H,16H2,1H3,(H,28,30). The van der Waals surface area contributed by atoms with Crippen molar-refractivity contribution in [2.45, 2.75) is 6.54 Å². The van der Waals surface area contributed by atoms with Crippen LogP contribution in [0.15, 0.2) is 84.9 Å². The predicted octanol–water partition coefficient (Wildman–Crippen LogP) is 6.37. The van der Waals surface area contributed by atoms with E-state index in [1.165, 1.54) is 4.31 Å². The highest BCUT2D eigenvalue weighted by molar-refractivity contribution is 7.92. The van der Waals surface area contributed by atoms with Crippen molar-refractivity contribution < 1.29 is 13.2 Å². The quantitative estimate of drug-likeness (QED) is 0.336. The summed E-state index contributed by atoms with van der Waals surface area (Å²) < 4.78 is 26.0. The first-order valence-electron chi connectivity index (χ1n) is 10.0. The molecule has 1 N–H and O–H groups in total. The number of carbonyl (C=O) groups is 1. The summed E-state index contributed by atoms with van der Waals surface area (Å²) in [6, 6.07) is 25.2. The molecule has 0 aromatic heterocycles. The van der Waals surface area contributed by atoms with Crippen LogP contribution in [0.2, 0.25) is 10.0 Å². The van der Waals surface area contributed by atoms with E-state index in [1.54, 1.807) is 42.5 Å². The molecule has 33 heavy (non-hydrogen) atoms. The van der Waals surface area contributed by atoms with Gasteiger partial charge in [-0.15, -0.1) is 0 Å². The smallest absolute Gasteiger partial charge is 0.255 e. The molecule has 8 heteroatoms. The molecular weight excluding hydrogens is 479 g/mol. The monoisotopic (exact) mass is 498 g/mol. The number of nitrogens with one attached hydrogen (secondary N) is 1. The zero-order valence-corrected chi connectivity index (χ0v) is 20.0. The predicted molar refractivity (Wildman–Crippen MR) is 136 cm³/mol. The van der Waals surface area contributed by atoms with Crippen molar-refractivity contribution in [2.75, 3.05) is 15.9 Å². The number of benzene rings is 4. The van der Waals surface area contributed by atoms with Crippen LogP contribution in [0.5, 0.6) is 0 Å². The number of amides is 1. The van der Waals surface area contributed by atoms with Crippen LogP contribution in [0.25, 0.3) is 10.8 Å². The molecule has 0 aliphatic heterocycles. The van der Waals surface area contributed by atoms with Crippen LogP contribution in [0.4, 0.5) is 11.4 Å². The molecule has 0 saturated heterocycles. The number of sulfonamides is 1. The first kappa shape index (κ1) is 23.1. The molecule has 0 atom stereocenters. The van der Waals surface area contributed by atoms with E-state index in [0.29, 0.717) is 22.5 Å². The highest BCUT2D eigenvalue weighted by Crippen LogP contribution is 2.34. The SMILES string of the molecule is CS(=O)(=O)N(Cc1ccc(C(=O)Nc2ccc3ccccc3c2)cc1)c1cccc(Cl)c1Cl. The van der Waals surface area contributed by atoms with Gasteiger partial charge in [-0.1, -0.05) is 71.7 Å². The first-order chi connectivity index (χ1) is 15.7. The normalized spacial score (nSPS) is 11.4. The Bertz CT molecular complexity index is 1440. The van der Waals surface area contributed by atoms with Gasteiger partial charge in [-0.05, 0) is 52.7 Å². The highest BCUT2D eigenvalue weighted by Gasteiger charge is 2.21. The van der Waals surface area contributed by atoms with Gasteiger partial charge < -0.3 is 5.32 Å². The Hall–Kier alpha value is -3.06. The summed E-state index contributed by atoms with van der Waals surface area (Å²) in [4.78, 5) is 12.7. The number of hydrogen-bond donors (Lipinski definition) is 1. The molecule has 0 spiro atoms. The summed E-state index contributed by atoms with van der Waals surface area (Å²) in [7, 11) is -3.63. The third kappa shape index (κ3) is 5.30. The van der Waals surface area contributed by atoms with Crippen LogP contribution in [-0.4, -0.2) is 20.6 Å². The first-order valence-corrected chi connectivity index (χ1v) is 12.6. The second-order valence-electron chi connectivity index (χ2n) is 7.56. The van der Waals surface area contributed by atoms with Crippen molar-refractivity contribution >= 4 is 61.3 Å². The Kier molecular flexibility index (Phi) is 6.61. The minimum Gasteiger partial charge on any atom is -0.322 e. The van der Waals surface area contributed by atoms with E-state index in [2.05, 4.69) is 5.32 Å². The van der Waals surface area contributed by atoms with Crippen molar-refractivity contribution in [1.82, 2.24) is 0 Å². The lowest BCUT2D eigenvalue weighted by atomic mass is 10.1. The van der Waals surface area contributed by atoms with Crippen LogP contribution >= 0.6 is 23.2 Å². The van der Waals surface area contributed by atoms with E-state index in [0.717, 1.165) is 17.0 Å². The van der Waals surface area contributed by atoms with Crippen molar-refractivity contribution in [3.63, 3.8) is 0 Å². The second-order valence-corrected chi connectivity index (χ2v) is 10.2. The molecule has 0 aliphatic rings. The Balaban J connectivity index is 1.52. The van der Waals surface area contributed by atoms with Gasteiger partial charge >= 0.3 is 0 Å². The summed E-state index contributed by atoms with van der Waals surface area (Å²) in [5.74, 6) is -0.255. The molecule has 5 nitrogen and oxygen atoms in total. The summed E-state index contributed by atoms with van der Waals surface area (Å²) >= 11 is 12.3. The van der Waals surface area contributed by atoms with Crippen LogP contribution in [0.1, 0.15) is 15.9 Å². The number of nitrogens with zero attached hydrogens (tertiary/aromatic N) is 1. The van der Waals surface area contributed by atoms with E-state index < -0.39 is 10.0 Å². The molecule has 0 bridgehead atoms. The number of carbonyl (C=O) groups excluding carboxylic acids is 1. The number of hydrogen-bond acceptors (Lipinski definition) is 3. The van der Waals surface area contributed by atoms with Gasteiger partial charge in [-0.25, -0.2) is 8.42 Å². The van der Waals surface area contributed by atoms with E-state index >= 15 is 0 Å². The molecule has 0 fully saturated rings. The lowest BCUT2D eigenvalue weighted by Gasteiger charge is -2.24. The summed E-state index contributed by atoms with van der Waals surface area (Å²) in [6.07, 6.45) is 1.11. The van der Waals surface area contributed by atoms with Gasteiger partial charge in [0.1, 0.15) is 0 Å². The third-order valence-electron chi connectivity index (χ3n) is 5.15. The van der Waals surface area contributed by atoms with Crippen molar-refractivity contribution in [1.29, 1.82) is 0 Å². The van der Waals surface area contributed by atoms with Crippen LogP contribution in [0, 0.1) is 0 Å². The van der Waals surface area contributed by atoms with Gasteiger partial charge in [0.05, 0.1) is 28.5 Å². The number of anilines is 2. The molecule has 0 radical (unpaired) electrons. The van der Waals surface area contributed by atoms with E-state index in [4.69, 9.17) is 23.2 Å². The summed E-state index contributed by atoms with van der Waals surface area (Å²) in [5.41, 5.74) is 2.14. The maximum absolute atomic E-state index is 12.7. The minimum absolute atomic E-state index is 0.0471. The number of rotatable bonds is 6. The van der Waals surface area contributed by atoms with E-state index in [1.807, 2.05) is 42.5 Å². The van der Waals surface area contributed by atoms with Gasteiger partial charge in [0.15, 0.2) is 0 Å². The Morgan fingerprint density at radius 3 is 2.27 bits per heavy atom. The van der Waals surface area contributed by atoms with Gasteiger partial charge in [-0.2, -0.15) is 0 Å². The zero-order chi connectivity index (χ0) is 23.6. The fourth-order valence-electron chi connectivity index (χ4n) is 3.46. The Morgan fingerprint density at radius 1 is 0.879 bits per heavy atom. The summed E-state index contributed by atoms with van der Waals surface area (Å²) in [5, 5.41) is 5.45. The molecule has 0 aliphatic carbocycles. The fourth-order valence-corrected chi connectivity index (χ4v) is 4.80. The lowest BCUT2D eigenvalue weighted by Crippen LogP contribution is -2.29. The van der Waals surface area contributed by atoms with Gasteiger partial charge in [0.25, 0.3) is 5.91 Å². The molecule has 1 amide bonds. The van der Waals surface area contributed by atoms with Gasteiger partial charge in [-0.3, -0.25) is 9.10 Å². The number of fused-ring (bicyclic) bond motifs is 1. The average molecular weight is 499 g/mol. The van der Waals surface area contributed by atoms with E-state index in [-0.39, 0.29) is 22.5 Å². The largest absolute Gasteiger partial charge is 0.322 e. The molecular formula is C25H20Cl2N2O3S. The van der Waals surface area contributed by atoms with Gasteiger partial charge in [0, 0.05) is 11.3 Å². The molecule has 0 heterocycles. The van der Waals surface area contributed by atoms with E-state index in [9.17, 15) is 13.2 Å². The lowest BCUT2D eigenvalue weighted by molar-refractivity contribution is 0.102. The molecule has 0 unspecified atom stereocenters. The topological polar surface area (TPSA) is 66.5 Å². The number of halogens is 2. The Labute approximate surface area is 202 Å². The van der Waals surface area contributed by atoms with Crippen molar-refractivity contribution in [3.05, 3.63) is 106 Å². The molecule has 0 saturated carbocycles. The van der Waals surface area contributed by atoms with Crippen LogP contribution < -0.4 is 9.62 Å². The zero-order valence-electron chi connectivity index (χ0n) is 17.6. The Morgan fingerprint density at radius 2 is 1.58 bits per heavy atom. The highest BCUT2D eigenvalue weighted by atomic mass is 35.5. The molecule has 4 aromatic rings. The second kappa shape index (κ2) is 9.43. The van der Waals surface area contributed by atoms with Gasteiger partial charge in [0.2, 0.25) is 10.0 Å². The molecule has 4 aromatic carbocycles. The van der Waals surface area contributed by atoms with Crippen molar-refractivity contribution in [2.24, 2.45) is 0 Å².